The number of carboxylic acids is 2. The first-order chi connectivity index (χ1) is 36.7. The second-order valence-electron chi connectivity index (χ2n) is 21.6. The molecule has 12 atom stereocenters. The van der Waals surface area contributed by atoms with Gasteiger partial charge in [-0.15, -0.1) is 0 Å². The average molecular weight is 1100 g/mol. The third-order valence-corrected chi connectivity index (χ3v) is 14.7. The van der Waals surface area contributed by atoms with E-state index in [0.717, 1.165) is 0 Å². The summed E-state index contributed by atoms with van der Waals surface area (Å²) >= 11 is 0. The number of aliphatic hydroxyl groups is 1. The number of carboxylic acid groups (broad SMARTS) is 2. The molecule has 3 aliphatic rings. The molecule has 1 aromatic rings. The number of carbonyl (C=O) groups is 11. The second kappa shape index (κ2) is 29.2. The minimum Gasteiger partial charge on any atom is -0.508 e. The van der Waals surface area contributed by atoms with Gasteiger partial charge in [0.2, 0.25) is 53.2 Å². The maximum Gasteiger partial charge on any atom is 0.326 e. The number of nitrogens with zero attached hydrogens (tertiary/aromatic N) is 3. The van der Waals surface area contributed by atoms with Crippen molar-refractivity contribution >= 4 is 65.1 Å². The molecular weight excluding hydrogens is 1020 g/mol. The monoisotopic (exact) mass is 1100 g/mol. The molecule has 0 unspecified atom stereocenters. The Morgan fingerprint density at radius 2 is 1.14 bits per heavy atom. The van der Waals surface area contributed by atoms with Gasteiger partial charge in [0.25, 0.3) is 0 Å². The van der Waals surface area contributed by atoms with E-state index in [1.807, 2.05) is 20.8 Å². The number of hydrogen-bond acceptors (Lipinski definition) is 14. The third kappa shape index (κ3) is 17.3. The molecule has 3 saturated heterocycles. The Morgan fingerprint density at radius 3 is 1.68 bits per heavy atom. The Bertz CT molecular complexity index is 2330. The number of nitrogens with two attached hydrogens (primary N) is 1. The quantitative estimate of drug-likeness (QED) is 0.0516. The van der Waals surface area contributed by atoms with Gasteiger partial charge in [-0.05, 0) is 101 Å². The zero-order chi connectivity index (χ0) is 58.3. The number of aliphatic hydroxyl groups excluding tert-OH is 1. The van der Waals surface area contributed by atoms with Gasteiger partial charge in [0.1, 0.15) is 60.1 Å². The topological polar surface area (TPSA) is 377 Å². The van der Waals surface area contributed by atoms with E-state index >= 15 is 0 Å². The molecule has 0 radical (unpaired) electrons. The lowest BCUT2D eigenvalue weighted by Gasteiger charge is -2.33. The number of likely N-dealkylation sites (tertiary alicyclic amines) is 3. The number of phenolic OH excluding ortho intramolecular Hbond substituents is 1. The predicted molar refractivity (Wildman–Crippen MR) is 281 cm³/mol. The van der Waals surface area contributed by atoms with E-state index in [1.54, 1.807) is 20.8 Å². The summed E-state index contributed by atoms with van der Waals surface area (Å²) in [5.74, 6) is -9.74. The molecule has 434 valence electrons. The molecule has 0 aliphatic carbocycles. The van der Waals surface area contributed by atoms with Crippen molar-refractivity contribution in [1.82, 2.24) is 46.6 Å². The van der Waals surface area contributed by atoms with Crippen LogP contribution in [0.25, 0.3) is 0 Å². The summed E-state index contributed by atoms with van der Waals surface area (Å²) in [6, 6.07) is -6.57. The number of aromatic hydroxyl groups is 1. The van der Waals surface area contributed by atoms with Crippen molar-refractivity contribution in [3.8, 4) is 5.75 Å². The van der Waals surface area contributed by atoms with Gasteiger partial charge in [-0.3, -0.25) is 47.9 Å². The van der Waals surface area contributed by atoms with E-state index in [0.29, 0.717) is 31.2 Å². The standard InChI is InChI=1S/C53H82N10O15/c1-9-29(6)42(59-47(71)41(54)28(4)5)48(72)57-35(25-27(2)3)51(75)61-22-10-14-38(61)46(70)60-43(31(8)64)49(73)55-30(7)50(74)63-24-12-15-39(63)52(76)62-23-11-13-37(62)45(69)56-34(20-21-40(66)67)44(68)58-36(53(77)78)26-32-16-18-33(65)19-17-32/h16-19,27-31,34-39,41-43,64-65H,9-15,20-26,54H2,1-8H3,(H,55,73)(H,56,69)(H,57,72)(H,58,68)(H,59,71)(H,60,70)(H,66,67)(H,77,78)/t29-,30-,31+,34-,35-,36-,37-,38-,39-,41-,42-,43-/m0/s1. The van der Waals surface area contributed by atoms with Gasteiger partial charge in [-0.2, -0.15) is 0 Å². The number of nitrogens with one attached hydrogen (secondary N) is 6. The number of carbonyl (C=O) groups excluding carboxylic acids is 9. The van der Waals surface area contributed by atoms with E-state index in [2.05, 4.69) is 31.9 Å². The van der Waals surface area contributed by atoms with Crippen molar-refractivity contribution in [3.63, 3.8) is 0 Å². The Hall–Kier alpha value is -6.89. The number of hydrogen-bond donors (Lipinski definition) is 11. The van der Waals surface area contributed by atoms with Crippen molar-refractivity contribution in [3.05, 3.63) is 29.8 Å². The molecule has 25 heteroatoms. The fourth-order valence-corrected chi connectivity index (χ4v) is 9.91. The van der Waals surface area contributed by atoms with Crippen molar-refractivity contribution in [1.29, 1.82) is 0 Å². The highest BCUT2D eigenvalue weighted by atomic mass is 16.4. The van der Waals surface area contributed by atoms with Crippen LogP contribution in [0.1, 0.15) is 125 Å². The summed E-state index contributed by atoms with van der Waals surface area (Å²) in [5.41, 5.74) is 6.53. The first-order valence-electron chi connectivity index (χ1n) is 27.1. The van der Waals surface area contributed by atoms with Crippen LogP contribution in [-0.2, 0) is 59.2 Å². The first-order valence-corrected chi connectivity index (χ1v) is 27.1. The molecule has 25 nitrogen and oxygen atoms in total. The molecule has 1 aromatic carbocycles. The Labute approximate surface area is 454 Å². The van der Waals surface area contributed by atoms with Crippen LogP contribution < -0.4 is 37.6 Å². The van der Waals surface area contributed by atoms with Crippen molar-refractivity contribution in [2.45, 2.75) is 193 Å². The van der Waals surface area contributed by atoms with Gasteiger partial charge in [-0.1, -0.05) is 60.1 Å². The summed E-state index contributed by atoms with van der Waals surface area (Å²) in [6.07, 6.45) is -0.258. The van der Waals surface area contributed by atoms with E-state index in [1.165, 1.54) is 52.8 Å². The van der Waals surface area contributed by atoms with Crippen molar-refractivity contribution in [2.75, 3.05) is 19.6 Å². The fraction of sp³-hybridized carbons (Fsp3) is 0.679. The zero-order valence-corrected chi connectivity index (χ0v) is 46.0. The minimum atomic E-state index is -1.61. The van der Waals surface area contributed by atoms with Crippen molar-refractivity contribution in [2.24, 2.45) is 23.5 Å². The fourth-order valence-electron chi connectivity index (χ4n) is 9.91. The summed E-state index contributed by atoms with van der Waals surface area (Å²) in [4.78, 5) is 152. The van der Waals surface area contributed by atoms with Crippen LogP contribution in [0.3, 0.4) is 0 Å². The molecule has 3 aliphatic heterocycles. The molecule has 3 heterocycles. The molecule has 0 saturated carbocycles. The molecule has 3 fully saturated rings. The van der Waals surface area contributed by atoms with Gasteiger partial charge >= 0.3 is 11.9 Å². The number of aliphatic carboxylic acids is 2. The predicted octanol–water partition coefficient (Wildman–Crippen LogP) is -0.758. The van der Waals surface area contributed by atoms with Crippen LogP contribution in [0.2, 0.25) is 0 Å². The Kier molecular flexibility index (Phi) is 23.8. The summed E-state index contributed by atoms with van der Waals surface area (Å²) in [5, 5.41) is 55.2. The highest BCUT2D eigenvalue weighted by molar-refractivity contribution is 5.99. The van der Waals surface area contributed by atoms with Crippen LogP contribution in [0.4, 0.5) is 0 Å². The largest absolute Gasteiger partial charge is 0.508 e. The number of rotatable bonds is 27. The summed E-state index contributed by atoms with van der Waals surface area (Å²) in [7, 11) is 0. The molecule has 0 bridgehead atoms. The van der Waals surface area contributed by atoms with E-state index in [9.17, 15) is 73.2 Å². The lowest BCUT2D eigenvalue weighted by Crippen LogP contribution is -2.61. The Balaban J connectivity index is 1.42. The highest BCUT2D eigenvalue weighted by Gasteiger charge is 2.45. The van der Waals surface area contributed by atoms with Crippen LogP contribution in [0, 0.1) is 17.8 Å². The number of phenols is 1. The molecular formula is C53H82N10O15. The lowest BCUT2D eigenvalue weighted by molar-refractivity contribution is -0.148. The maximum absolute atomic E-state index is 14.3. The molecule has 0 spiro atoms. The normalized spacial score (nSPS) is 20.8. The number of amides is 9. The van der Waals surface area contributed by atoms with E-state index in [4.69, 9.17) is 5.73 Å². The maximum atomic E-state index is 14.3. The average Bonchev–Trinajstić information content (AvgIpc) is 4.20. The molecule has 4 rings (SSSR count). The van der Waals surface area contributed by atoms with Crippen molar-refractivity contribution < 1.29 is 73.2 Å². The molecule has 9 amide bonds. The first kappa shape index (κ1) is 63.6. The van der Waals surface area contributed by atoms with Crippen LogP contribution in [0.15, 0.2) is 24.3 Å². The van der Waals surface area contributed by atoms with Gasteiger partial charge in [0, 0.05) is 32.5 Å². The summed E-state index contributed by atoms with van der Waals surface area (Å²) < 4.78 is 0. The number of benzene rings is 1. The molecule has 0 aromatic heterocycles. The second-order valence-corrected chi connectivity index (χ2v) is 21.6. The molecule has 12 N–H and O–H groups in total. The zero-order valence-electron chi connectivity index (χ0n) is 46.0. The minimum absolute atomic E-state index is 0.0592. The van der Waals surface area contributed by atoms with Gasteiger partial charge in [0.05, 0.1) is 12.1 Å². The van der Waals surface area contributed by atoms with E-state index in [-0.39, 0.29) is 75.2 Å². The third-order valence-electron chi connectivity index (χ3n) is 14.7. The van der Waals surface area contributed by atoms with Gasteiger partial charge in [0.15, 0.2) is 0 Å². The van der Waals surface area contributed by atoms with Crippen LogP contribution >= 0.6 is 0 Å². The summed E-state index contributed by atoms with van der Waals surface area (Å²) in [6.45, 7) is 13.9. The van der Waals surface area contributed by atoms with Crippen LogP contribution in [0.5, 0.6) is 5.75 Å². The Morgan fingerprint density at radius 1 is 0.615 bits per heavy atom. The van der Waals surface area contributed by atoms with Gasteiger partial charge in [-0.25, -0.2) is 4.79 Å². The smallest absolute Gasteiger partial charge is 0.326 e. The lowest BCUT2D eigenvalue weighted by atomic mass is 9.95. The van der Waals surface area contributed by atoms with Gasteiger partial charge < -0.3 is 72.8 Å². The highest BCUT2D eigenvalue weighted by Crippen LogP contribution is 2.27. The molecule has 78 heavy (non-hydrogen) atoms. The van der Waals surface area contributed by atoms with Crippen LogP contribution in [-0.4, -0.2) is 186 Å². The SMILES string of the molecule is CC[C@H](C)[C@H](NC(=O)[C@@H](N)C(C)C)C(=O)N[C@@H](CC(C)C)C(=O)N1CCC[C@H]1C(=O)N[C@H](C(=O)N[C@@H](C)C(=O)N1CCC[C@H]1C(=O)N1CCC[C@H]1C(=O)N[C@@H](CCC(=O)O)C(=O)N[C@@H](Cc1ccc(O)cc1)C(=O)O)[C@@H](C)O. The van der Waals surface area contributed by atoms with E-state index < -0.39 is 144 Å².